The minimum absolute atomic E-state index is 0.131. The number of benzene rings is 1. The topological polar surface area (TPSA) is 63.8 Å². The first-order chi connectivity index (χ1) is 10.9. The first-order valence-corrected chi connectivity index (χ1v) is 6.68. The Morgan fingerprint density at radius 3 is 2.52 bits per heavy atom. The predicted molar refractivity (Wildman–Crippen MR) is 78.8 cm³/mol. The van der Waals surface area contributed by atoms with Crippen LogP contribution in [0.25, 0.3) is 16.9 Å². The first kappa shape index (κ1) is 15.0. The lowest BCUT2D eigenvalue weighted by Crippen LogP contribution is -2.02. The molecular weight excluding hydrogens is 306 g/mol. The zero-order chi connectivity index (χ0) is 16.7. The lowest BCUT2D eigenvalue weighted by molar-refractivity contribution is 0.0692. The van der Waals surface area contributed by atoms with Gasteiger partial charge in [0, 0.05) is 11.6 Å². The van der Waals surface area contributed by atoms with Crippen LogP contribution in [-0.2, 0) is 0 Å². The number of rotatable bonds is 3. The van der Waals surface area contributed by atoms with Gasteiger partial charge in [-0.15, -0.1) is 0 Å². The minimum atomic E-state index is -1.31. The van der Waals surface area contributed by atoms with Crippen LogP contribution < -0.4 is 4.74 Å². The number of aromatic nitrogens is 2. The largest absolute Gasteiger partial charge is 0.482 e. The minimum Gasteiger partial charge on any atom is -0.482 e. The number of hydrogen-bond donors (Lipinski definition) is 1. The summed E-state index contributed by atoms with van der Waals surface area (Å²) >= 11 is 0. The van der Waals surface area contributed by atoms with Crippen LogP contribution in [0, 0.1) is 18.6 Å². The van der Waals surface area contributed by atoms with Gasteiger partial charge in [-0.2, -0.15) is 0 Å². The molecular formula is C16H12F2N2O3. The van der Waals surface area contributed by atoms with E-state index in [1.807, 2.05) is 0 Å². The molecule has 1 N–H and O–H groups in total. The molecule has 2 aromatic heterocycles. The molecule has 0 unspecified atom stereocenters. The van der Waals surface area contributed by atoms with Gasteiger partial charge in [0.2, 0.25) is 0 Å². The summed E-state index contributed by atoms with van der Waals surface area (Å²) in [4.78, 5) is 15.4. The van der Waals surface area contributed by atoms with Crippen molar-refractivity contribution in [3.63, 3.8) is 0 Å². The van der Waals surface area contributed by atoms with E-state index in [4.69, 9.17) is 4.74 Å². The summed E-state index contributed by atoms with van der Waals surface area (Å²) in [5.74, 6) is -2.19. The molecule has 0 spiro atoms. The quantitative estimate of drug-likeness (QED) is 0.805. The second kappa shape index (κ2) is 5.35. The van der Waals surface area contributed by atoms with Crippen molar-refractivity contribution in [3.05, 3.63) is 53.2 Å². The number of ether oxygens (including phenoxy) is 1. The van der Waals surface area contributed by atoms with Crippen LogP contribution in [0.15, 0.2) is 30.3 Å². The molecule has 0 fully saturated rings. The smallest absolute Gasteiger partial charge is 0.356 e. The van der Waals surface area contributed by atoms with Gasteiger partial charge >= 0.3 is 5.97 Å². The van der Waals surface area contributed by atoms with E-state index in [0.717, 1.165) is 6.07 Å². The van der Waals surface area contributed by atoms with E-state index >= 15 is 0 Å². The van der Waals surface area contributed by atoms with Gasteiger partial charge in [0.15, 0.2) is 23.0 Å². The number of aromatic carboxylic acids is 1. The van der Waals surface area contributed by atoms with Gasteiger partial charge in [-0.3, -0.25) is 4.40 Å². The van der Waals surface area contributed by atoms with E-state index in [2.05, 4.69) is 4.98 Å². The Hall–Kier alpha value is -2.96. The van der Waals surface area contributed by atoms with Crippen molar-refractivity contribution in [2.45, 2.75) is 6.92 Å². The third-order valence-corrected chi connectivity index (χ3v) is 3.53. The number of halogens is 2. The summed E-state index contributed by atoms with van der Waals surface area (Å²) in [6.45, 7) is 1.56. The van der Waals surface area contributed by atoms with Crippen LogP contribution in [0.3, 0.4) is 0 Å². The molecule has 0 bridgehead atoms. The maximum absolute atomic E-state index is 14.0. The Morgan fingerprint density at radius 1 is 1.22 bits per heavy atom. The fourth-order valence-corrected chi connectivity index (χ4v) is 2.46. The molecule has 0 aliphatic rings. The second-order valence-electron chi connectivity index (χ2n) is 4.96. The van der Waals surface area contributed by atoms with Crippen molar-refractivity contribution in [2.75, 3.05) is 7.11 Å². The number of carboxylic acids is 1. The molecule has 2 heterocycles. The number of imidazole rings is 1. The highest BCUT2D eigenvalue weighted by atomic mass is 19.1. The number of carbonyl (C=O) groups is 1. The van der Waals surface area contributed by atoms with E-state index in [9.17, 15) is 18.7 Å². The fraction of sp³-hybridized carbons (Fsp3) is 0.125. The molecule has 23 heavy (non-hydrogen) atoms. The van der Waals surface area contributed by atoms with Crippen LogP contribution in [0.2, 0.25) is 0 Å². The zero-order valence-corrected chi connectivity index (χ0v) is 12.3. The number of nitrogens with zero attached hydrogens (tertiary/aromatic N) is 2. The third-order valence-electron chi connectivity index (χ3n) is 3.53. The summed E-state index contributed by atoms with van der Waals surface area (Å²) in [7, 11) is 1.38. The molecule has 0 saturated heterocycles. The maximum Gasteiger partial charge on any atom is 0.356 e. The highest BCUT2D eigenvalue weighted by Crippen LogP contribution is 2.31. The third kappa shape index (κ3) is 2.30. The fourth-order valence-electron chi connectivity index (χ4n) is 2.46. The molecule has 0 aliphatic carbocycles. The average molecular weight is 318 g/mol. The molecule has 3 aromatic rings. The molecule has 5 nitrogen and oxygen atoms in total. The van der Waals surface area contributed by atoms with Gasteiger partial charge in [0.05, 0.1) is 12.8 Å². The Labute approximate surface area is 129 Å². The summed E-state index contributed by atoms with van der Waals surface area (Å²) in [5, 5.41) is 9.39. The van der Waals surface area contributed by atoms with E-state index in [1.165, 1.54) is 35.8 Å². The van der Waals surface area contributed by atoms with Crippen molar-refractivity contribution in [1.82, 2.24) is 9.38 Å². The second-order valence-corrected chi connectivity index (χ2v) is 4.96. The van der Waals surface area contributed by atoms with E-state index in [-0.39, 0.29) is 22.9 Å². The van der Waals surface area contributed by atoms with Crippen molar-refractivity contribution < 1.29 is 23.4 Å². The number of fused-ring (bicyclic) bond motifs is 1. The van der Waals surface area contributed by atoms with Crippen LogP contribution in [0.1, 0.15) is 16.1 Å². The number of pyridine rings is 1. The normalized spacial score (nSPS) is 11.0. The monoisotopic (exact) mass is 318 g/mol. The summed E-state index contributed by atoms with van der Waals surface area (Å²) in [6, 6.07) is 6.64. The lowest BCUT2D eigenvalue weighted by Gasteiger charge is -2.09. The van der Waals surface area contributed by atoms with Crippen LogP contribution >= 0.6 is 0 Å². The Balaban J connectivity index is 2.45. The number of methoxy groups -OCH3 is 1. The van der Waals surface area contributed by atoms with Gasteiger partial charge < -0.3 is 9.84 Å². The van der Waals surface area contributed by atoms with Crippen molar-refractivity contribution >= 4 is 11.6 Å². The van der Waals surface area contributed by atoms with E-state index in [0.29, 0.717) is 11.1 Å². The van der Waals surface area contributed by atoms with Gasteiger partial charge in [-0.05, 0) is 36.8 Å². The first-order valence-electron chi connectivity index (χ1n) is 6.68. The maximum atomic E-state index is 14.0. The van der Waals surface area contributed by atoms with E-state index in [1.54, 1.807) is 6.92 Å². The van der Waals surface area contributed by atoms with Gasteiger partial charge in [0.25, 0.3) is 0 Å². The Morgan fingerprint density at radius 2 is 1.91 bits per heavy atom. The summed E-state index contributed by atoms with van der Waals surface area (Å²) < 4.78 is 34.0. The number of carboxylic acid groups (broad SMARTS) is 1. The van der Waals surface area contributed by atoms with Gasteiger partial charge in [0.1, 0.15) is 5.82 Å². The SMILES string of the molecule is COc1ccc(F)c2nc(C(=O)O)c(-c3ccc(F)c(C)c3)n12. The van der Waals surface area contributed by atoms with Crippen molar-refractivity contribution in [2.24, 2.45) is 0 Å². The summed E-state index contributed by atoms with van der Waals surface area (Å²) in [5.41, 5.74) is 0.368. The highest BCUT2D eigenvalue weighted by Gasteiger charge is 2.24. The average Bonchev–Trinajstić information content (AvgIpc) is 2.92. The number of aryl methyl sites for hydroxylation is 1. The van der Waals surface area contributed by atoms with Crippen LogP contribution in [0.4, 0.5) is 8.78 Å². The molecule has 1 aromatic carbocycles. The molecule has 0 radical (unpaired) electrons. The Bertz CT molecular complexity index is 935. The predicted octanol–water partition coefficient (Wildman–Crippen LogP) is 3.29. The lowest BCUT2D eigenvalue weighted by atomic mass is 10.1. The molecule has 0 saturated carbocycles. The summed E-state index contributed by atoms with van der Waals surface area (Å²) in [6.07, 6.45) is 0. The zero-order valence-electron chi connectivity index (χ0n) is 12.3. The van der Waals surface area contributed by atoms with Crippen molar-refractivity contribution in [3.8, 4) is 17.1 Å². The van der Waals surface area contributed by atoms with Crippen LogP contribution in [0.5, 0.6) is 5.88 Å². The molecule has 118 valence electrons. The highest BCUT2D eigenvalue weighted by molar-refractivity contribution is 5.94. The van der Waals surface area contributed by atoms with Gasteiger partial charge in [-0.1, -0.05) is 0 Å². The molecule has 0 amide bonds. The molecule has 0 atom stereocenters. The Kier molecular flexibility index (Phi) is 3.48. The molecule has 7 heteroatoms. The molecule has 3 rings (SSSR count). The van der Waals surface area contributed by atoms with Crippen molar-refractivity contribution in [1.29, 1.82) is 0 Å². The molecule has 0 aliphatic heterocycles. The van der Waals surface area contributed by atoms with Gasteiger partial charge in [-0.25, -0.2) is 18.6 Å². The van der Waals surface area contributed by atoms with E-state index < -0.39 is 17.6 Å². The standard InChI is InChI=1S/C16H12F2N2O3/c1-8-7-9(3-4-10(8)17)14-13(16(21)22)19-15-11(18)5-6-12(23-2)20(14)15/h3-7H,1-2H3,(H,21,22). The van der Waals surface area contributed by atoms with Crippen LogP contribution in [-0.4, -0.2) is 27.6 Å². The number of hydrogen-bond acceptors (Lipinski definition) is 3.